The summed E-state index contributed by atoms with van der Waals surface area (Å²) in [5, 5.41) is 41.8. The molecule has 3 aliphatic carbocycles. The van der Waals surface area contributed by atoms with Gasteiger partial charge in [-0.15, -0.1) is 0 Å². The number of rotatable bonds is 5. The SMILES string of the molecule is C[C@]12CC[C@H]3c4ccc(OS(=O)(=O)[O-])cc4CC[C@H]3[C@H]1CC[C@@H]2O[C@@H]1OC(C(=O)[O-])[C@H](O)C(O)C1O.[K+].[K+]. The number of carbonyl (C=O) groups excluding carboxylic acids is 1. The third-order valence-electron chi connectivity index (χ3n) is 8.91. The van der Waals surface area contributed by atoms with Crippen molar-refractivity contribution in [1.82, 2.24) is 0 Å². The second-order valence-corrected chi connectivity index (χ2v) is 11.7. The Bertz CT molecular complexity index is 1130. The van der Waals surface area contributed by atoms with Crippen LogP contribution in [0.4, 0.5) is 0 Å². The van der Waals surface area contributed by atoms with E-state index < -0.39 is 47.1 Å². The van der Waals surface area contributed by atoms with Crippen molar-refractivity contribution >= 4 is 16.4 Å². The van der Waals surface area contributed by atoms with Gasteiger partial charge in [0.05, 0.1) is 12.1 Å². The van der Waals surface area contributed by atoms with Crippen LogP contribution >= 0.6 is 0 Å². The predicted octanol–water partition coefficient (Wildman–Crippen LogP) is -6.67. The first-order valence-corrected chi connectivity index (χ1v) is 13.6. The number of ether oxygens (including phenoxy) is 2. The minimum atomic E-state index is -4.84. The zero-order valence-corrected chi connectivity index (χ0v) is 28.7. The average Bonchev–Trinajstić information content (AvgIpc) is 3.13. The Kier molecular flexibility index (Phi) is 11.6. The molecule has 3 fully saturated rings. The maximum absolute atomic E-state index is 11.3. The number of hydrogen-bond donors (Lipinski definition) is 3. The van der Waals surface area contributed by atoms with Gasteiger partial charge in [-0.2, -0.15) is 0 Å². The molecule has 0 aromatic heterocycles. The molecule has 1 saturated heterocycles. The van der Waals surface area contributed by atoms with Gasteiger partial charge in [0.25, 0.3) is 10.4 Å². The van der Waals surface area contributed by atoms with E-state index in [1.807, 2.05) is 6.07 Å². The molecule has 1 aliphatic heterocycles. The summed E-state index contributed by atoms with van der Waals surface area (Å²) in [7, 11) is -4.84. The van der Waals surface area contributed by atoms with Crippen LogP contribution in [0.3, 0.4) is 0 Å². The van der Waals surface area contributed by atoms with E-state index in [0.717, 1.165) is 36.8 Å². The molecular weight excluding hydrogens is 575 g/mol. The van der Waals surface area contributed by atoms with Crippen LogP contribution in [-0.4, -0.2) is 71.1 Å². The molecule has 0 amide bonds. The molecule has 2 saturated carbocycles. The van der Waals surface area contributed by atoms with Gasteiger partial charge in [0.2, 0.25) is 0 Å². The molecule has 200 valence electrons. The number of hydrogen-bond acceptors (Lipinski definition) is 11. The monoisotopic (exact) mass is 604 g/mol. The maximum atomic E-state index is 11.3. The number of aliphatic carboxylic acids is 1. The van der Waals surface area contributed by atoms with Crippen molar-refractivity contribution < 1.29 is 155 Å². The smallest absolute Gasteiger partial charge is 0.716 e. The third kappa shape index (κ3) is 6.51. The average molecular weight is 605 g/mol. The molecule has 1 heterocycles. The first-order valence-electron chi connectivity index (χ1n) is 12.2. The van der Waals surface area contributed by atoms with Crippen molar-refractivity contribution in [2.75, 3.05) is 0 Å². The van der Waals surface area contributed by atoms with Crippen LogP contribution in [0, 0.1) is 17.3 Å². The van der Waals surface area contributed by atoms with Crippen LogP contribution in [-0.2, 0) is 31.1 Å². The van der Waals surface area contributed by atoms with Crippen LogP contribution in [0.1, 0.15) is 56.1 Å². The summed E-state index contributed by atoms with van der Waals surface area (Å²) in [6.45, 7) is 2.13. The molecule has 5 rings (SSSR count). The molecule has 38 heavy (non-hydrogen) atoms. The van der Waals surface area contributed by atoms with Crippen LogP contribution < -0.4 is 112 Å². The molecule has 1 aromatic rings. The molecule has 10 atom stereocenters. The van der Waals surface area contributed by atoms with Gasteiger partial charge in [-0.05, 0) is 85.0 Å². The number of fused-ring (bicyclic) bond motifs is 5. The summed E-state index contributed by atoms with van der Waals surface area (Å²) in [6.07, 6.45) is -3.96. The maximum Gasteiger partial charge on any atom is 1.00 e. The van der Waals surface area contributed by atoms with E-state index in [1.54, 1.807) is 6.07 Å². The Morgan fingerprint density at radius 3 is 2.45 bits per heavy atom. The van der Waals surface area contributed by atoms with Crippen molar-refractivity contribution in [3.8, 4) is 5.75 Å². The van der Waals surface area contributed by atoms with Gasteiger partial charge in [0.15, 0.2) is 6.29 Å². The van der Waals surface area contributed by atoms with E-state index in [4.69, 9.17) is 9.47 Å². The summed E-state index contributed by atoms with van der Waals surface area (Å²) < 4.78 is 48.8. The molecule has 1 aromatic carbocycles. The van der Waals surface area contributed by atoms with Gasteiger partial charge in [0, 0.05) is 0 Å². The molecule has 3 unspecified atom stereocenters. The number of aliphatic hydroxyl groups excluding tert-OH is 3. The molecule has 11 nitrogen and oxygen atoms in total. The second kappa shape index (κ2) is 13.0. The normalized spacial score (nSPS) is 40.0. The van der Waals surface area contributed by atoms with Gasteiger partial charge in [-0.1, -0.05) is 13.0 Å². The number of benzene rings is 1. The molecular formula is C24H30K2O11S. The molecule has 0 spiro atoms. The Morgan fingerprint density at radius 1 is 1.08 bits per heavy atom. The van der Waals surface area contributed by atoms with Crippen LogP contribution in [0.5, 0.6) is 5.75 Å². The number of aryl methyl sites for hydroxylation is 1. The van der Waals surface area contributed by atoms with Crippen molar-refractivity contribution in [2.24, 2.45) is 17.3 Å². The number of carboxylic acid groups (broad SMARTS) is 1. The molecule has 0 radical (unpaired) electrons. The van der Waals surface area contributed by atoms with Crippen LogP contribution in [0.2, 0.25) is 0 Å². The van der Waals surface area contributed by atoms with Crippen LogP contribution in [0.15, 0.2) is 18.2 Å². The quantitative estimate of drug-likeness (QED) is 0.165. The van der Waals surface area contributed by atoms with Crippen LogP contribution in [0.25, 0.3) is 0 Å². The van der Waals surface area contributed by atoms with E-state index in [2.05, 4.69) is 11.1 Å². The van der Waals surface area contributed by atoms with Crippen molar-refractivity contribution in [3.63, 3.8) is 0 Å². The third-order valence-corrected chi connectivity index (χ3v) is 9.31. The number of carboxylic acids is 1. The Labute approximate surface area is 306 Å². The topological polar surface area (TPSA) is 186 Å². The van der Waals surface area contributed by atoms with Crippen molar-refractivity contribution in [2.45, 2.75) is 88.2 Å². The van der Waals surface area contributed by atoms with E-state index in [-0.39, 0.29) is 126 Å². The fraction of sp³-hybridized carbons (Fsp3) is 0.708. The van der Waals surface area contributed by atoms with Gasteiger partial charge >= 0.3 is 103 Å². The minimum Gasteiger partial charge on any atom is -0.716 e. The van der Waals surface area contributed by atoms with Gasteiger partial charge in [0.1, 0.15) is 30.2 Å². The first-order chi connectivity index (χ1) is 16.9. The summed E-state index contributed by atoms with van der Waals surface area (Å²) >= 11 is 0. The summed E-state index contributed by atoms with van der Waals surface area (Å²) in [5.74, 6) is -0.772. The number of aliphatic hydroxyl groups is 3. The fourth-order valence-corrected chi connectivity index (χ4v) is 7.56. The minimum absolute atomic E-state index is 0. The van der Waals surface area contributed by atoms with E-state index >= 15 is 0 Å². The predicted molar refractivity (Wildman–Crippen MR) is 118 cm³/mol. The van der Waals surface area contributed by atoms with E-state index in [9.17, 15) is 38.2 Å². The zero-order valence-electron chi connectivity index (χ0n) is 21.7. The second-order valence-electron chi connectivity index (χ2n) is 10.7. The molecule has 0 bridgehead atoms. The molecule has 14 heteroatoms. The fourth-order valence-electron chi connectivity index (χ4n) is 7.22. The van der Waals surface area contributed by atoms with E-state index in [1.165, 1.54) is 6.07 Å². The Morgan fingerprint density at radius 2 is 1.79 bits per heavy atom. The molecule has 4 aliphatic rings. The van der Waals surface area contributed by atoms with E-state index in [0.29, 0.717) is 24.7 Å². The van der Waals surface area contributed by atoms with Gasteiger partial charge in [-0.3, -0.25) is 0 Å². The first kappa shape index (κ1) is 34.0. The summed E-state index contributed by atoms with van der Waals surface area (Å²) in [4.78, 5) is 11.3. The van der Waals surface area contributed by atoms with Gasteiger partial charge in [-0.25, -0.2) is 8.42 Å². The number of carbonyl (C=O) groups is 1. The van der Waals surface area contributed by atoms with Crippen molar-refractivity contribution in [1.29, 1.82) is 0 Å². The Hall–Kier alpha value is 1.47. The summed E-state index contributed by atoms with van der Waals surface area (Å²) in [6, 6.07) is 4.99. The zero-order chi connectivity index (χ0) is 26.0. The molecule has 3 N–H and O–H groups in total. The Balaban J connectivity index is 0.00000200. The standard InChI is InChI=1S/C24H32O11S.2K/c1-24-9-8-14-13-5-3-12(35-36(30,31)32)10-11(13)2-4-15(14)16(24)6-7-17(24)33-23-20(27)18(25)19(26)21(34-23)22(28)29;;/h3,5,10,14-21,23,25-27H,2,4,6-9H2,1H3,(H,28,29)(H,30,31,32);;/q;2*+1/p-2/t14-,15+,16+,17-,18?,19+,20?,21?,23+,24-;;/m0../s1. The largest absolute Gasteiger partial charge is 1.00 e. The van der Waals surface area contributed by atoms with Crippen molar-refractivity contribution in [3.05, 3.63) is 29.3 Å². The summed E-state index contributed by atoms with van der Waals surface area (Å²) in [5.41, 5.74) is 1.85. The van der Waals surface area contributed by atoms with Gasteiger partial charge < -0.3 is 43.4 Å².